The van der Waals surface area contributed by atoms with Gasteiger partial charge in [-0.3, -0.25) is 0 Å². The van der Waals surface area contributed by atoms with E-state index in [1.54, 1.807) is 13.0 Å². The molecule has 0 bridgehead atoms. The molecule has 2 unspecified atom stereocenters. The van der Waals surface area contributed by atoms with E-state index in [1.165, 1.54) is 11.6 Å². The normalized spacial score (nSPS) is 19.7. The molecule has 2 aromatic rings. The Bertz CT molecular complexity index is 738. The van der Waals surface area contributed by atoms with E-state index < -0.39 is 11.6 Å². The van der Waals surface area contributed by atoms with Gasteiger partial charge in [-0.05, 0) is 55.5 Å². The number of ether oxygens (including phenoxy) is 3. The molecule has 27 heavy (non-hydrogen) atoms. The first-order valence-electron chi connectivity index (χ1n) is 9.56. The Morgan fingerprint density at radius 1 is 0.963 bits per heavy atom. The predicted molar refractivity (Wildman–Crippen MR) is 101 cm³/mol. The maximum absolute atomic E-state index is 14.4. The highest BCUT2D eigenvalue weighted by atomic mass is 19.2. The van der Waals surface area contributed by atoms with E-state index in [2.05, 4.69) is 19.1 Å². The Kier molecular flexibility index (Phi) is 6.67. The highest BCUT2D eigenvalue weighted by molar-refractivity contribution is 5.33. The third kappa shape index (κ3) is 4.78. The van der Waals surface area contributed by atoms with Gasteiger partial charge in [-0.1, -0.05) is 25.1 Å². The van der Waals surface area contributed by atoms with Gasteiger partial charge >= 0.3 is 0 Å². The maximum Gasteiger partial charge on any atom is 0.200 e. The van der Waals surface area contributed by atoms with Gasteiger partial charge in [-0.15, -0.1) is 0 Å². The lowest BCUT2D eigenvalue weighted by Gasteiger charge is -2.29. The van der Waals surface area contributed by atoms with E-state index in [4.69, 9.17) is 14.2 Å². The minimum atomic E-state index is -0.921. The Labute approximate surface area is 159 Å². The molecule has 3 nitrogen and oxygen atoms in total. The van der Waals surface area contributed by atoms with Crippen LogP contribution in [-0.4, -0.2) is 25.9 Å². The summed E-state index contributed by atoms with van der Waals surface area (Å²) in [4.78, 5) is 0. The molecular weight excluding hydrogens is 350 g/mol. The van der Waals surface area contributed by atoms with E-state index in [0.29, 0.717) is 25.4 Å². The highest BCUT2D eigenvalue weighted by Crippen LogP contribution is 2.33. The molecule has 1 aliphatic heterocycles. The number of rotatable bonds is 7. The summed E-state index contributed by atoms with van der Waals surface area (Å²) in [6.07, 6.45) is 2.43. The summed E-state index contributed by atoms with van der Waals surface area (Å²) < 4.78 is 45.2. The zero-order valence-corrected chi connectivity index (χ0v) is 15.8. The smallest absolute Gasteiger partial charge is 0.200 e. The topological polar surface area (TPSA) is 27.7 Å². The third-order valence-corrected chi connectivity index (χ3v) is 4.95. The fourth-order valence-corrected chi connectivity index (χ4v) is 3.32. The molecule has 2 aromatic carbocycles. The molecule has 1 saturated heterocycles. The number of benzene rings is 2. The molecule has 146 valence electrons. The fourth-order valence-electron chi connectivity index (χ4n) is 3.32. The second-order valence-electron chi connectivity index (χ2n) is 6.75. The summed E-state index contributed by atoms with van der Waals surface area (Å²) in [5, 5.41) is 0. The molecule has 5 heteroatoms. The first kappa shape index (κ1) is 19.6. The van der Waals surface area contributed by atoms with Gasteiger partial charge in [0.15, 0.2) is 11.6 Å². The van der Waals surface area contributed by atoms with Crippen LogP contribution >= 0.6 is 0 Å². The van der Waals surface area contributed by atoms with Crippen LogP contribution < -0.4 is 9.47 Å². The molecule has 1 heterocycles. The second kappa shape index (κ2) is 9.18. The van der Waals surface area contributed by atoms with E-state index in [-0.39, 0.29) is 17.8 Å². The lowest BCUT2D eigenvalue weighted by Crippen LogP contribution is -2.30. The molecule has 1 aliphatic rings. The molecule has 0 N–H and O–H groups in total. The summed E-state index contributed by atoms with van der Waals surface area (Å²) in [5.41, 5.74) is 1.62. The van der Waals surface area contributed by atoms with E-state index >= 15 is 0 Å². The highest BCUT2D eigenvalue weighted by Gasteiger charge is 2.27. The zero-order valence-electron chi connectivity index (χ0n) is 15.8. The SMILES string of the molecule is CCOc1ccc(C2CCC(COc3ccc(CC)cc3)OC2)c(F)c1F. The van der Waals surface area contributed by atoms with Crippen molar-refractivity contribution < 1.29 is 23.0 Å². The van der Waals surface area contributed by atoms with Gasteiger partial charge in [0, 0.05) is 5.92 Å². The van der Waals surface area contributed by atoms with Gasteiger partial charge in [0.25, 0.3) is 0 Å². The molecule has 3 rings (SSSR count). The quantitative estimate of drug-likeness (QED) is 0.659. The summed E-state index contributed by atoms with van der Waals surface area (Å²) in [6, 6.07) is 11.1. The Hall–Kier alpha value is -2.14. The van der Waals surface area contributed by atoms with Crippen LogP contribution in [0.3, 0.4) is 0 Å². The lowest BCUT2D eigenvalue weighted by atomic mass is 9.91. The van der Waals surface area contributed by atoms with Crippen LogP contribution in [0, 0.1) is 11.6 Å². The van der Waals surface area contributed by atoms with Crippen molar-refractivity contribution >= 4 is 0 Å². The molecular formula is C22H26F2O3. The van der Waals surface area contributed by atoms with Crippen molar-refractivity contribution in [1.29, 1.82) is 0 Å². The minimum absolute atomic E-state index is 0.0392. The monoisotopic (exact) mass is 376 g/mol. The van der Waals surface area contributed by atoms with Crippen LogP contribution in [-0.2, 0) is 11.2 Å². The first-order chi connectivity index (χ1) is 13.1. The van der Waals surface area contributed by atoms with Crippen LogP contribution in [0.4, 0.5) is 8.78 Å². The van der Waals surface area contributed by atoms with Crippen LogP contribution in [0.25, 0.3) is 0 Å². The fraction of sp³-hybridized carbons (Fsp3) is 0.455. The second-order valence-corrected chi connectivity index (χ2v) is 6.75. The van der Waals surface area contributed by atoms with Gasteiger partial charge in [0.1, 0.15) is 12.4 Å². The van der Waals surface area contributed by atoms with Gasteiger partial charge in [0.2, 0.25) is 5.82 Å². The van der Waals surface area contributed by atoms with Crippen molar-refractivity contribution in [2.75, 3.05) is 19.8 Å². The Balaban J connectivity index is 1.53. The van der Waals surface area contributed by atoms with Crippen LogP contribution in [0.2, 0.25) is 0 Å². The van der Waals surface area contributed by atoms with Gasteiger partial charge in [-0.2, -0.15) is 4.39 Å². The van der Waals surface area contributed by atoms with Crippen molar-refractivity contribution in [2.24, 2.45) is 0 Å². The largest absolute Gasteiger partial charge is 0.491 e. The average molecular weight is 376 g/mol. The number of halogens is 2. The predicted octanol–water partition coefficient (Wildman–Crippen LogP) is 5.27. The number of aryl methyl sites for hydroxylation is 1. The van der Waals surface area contributed by atoms with Crippen molar-refractivity contribution in [2.45, 2.75) is 45.1 Å². The van der Waals surface area contributed by atoms with Crippen LogP contribution in [0.1, 0.15) is 43.7 Å². The minimum Gasteiger partial charge on any atom is -0.491 e. The van der Waals surface area contributed by atoms with E-state index in [1.807, 2.05) is 12.1 Å². The lowest BCUT2D eigenvalue weighted by molar-refractivity contribution is -0.0218. The molecule has 0 saturated carbocycles. The molecule has 0 radical (unpaired) electrons. The van der Waals surface area contributed by atoms with Crippen molar-refractivity contribution in [3.05, 3.63) is 59.2 Å². The van der Waals surface area contributed by atoms with Crippen molar-refractivity contribution in [1.82, 2.24) is 0 Å². The summed E-state index contributed by atoms with van der Waals surface area (Å²) in [6.45, 7) is 4.96. The third-order valence-electron chi connectivity index (χ3n) is 4.95. The standard InChI is InChI=1S/C22H26F2O3/c1-3-15-5-8-17(9-6-15)27-14-18-10-7-16(13-26-18)19-11-12-20(25-4-2)22(24)21(19)23/h5-6,8-9,11-12,16,18H,3-4,7,10,13-14H2,1-2H3. The zero-order chi connectivity index (χ0) is 19.2. The average Bonchev–Trinajstić information content (AvgIpc) is 2.71. The molecule has 0 aromatic heterocycles. The number of hydrogen-bond acceptors (Lipinski definition) is 3. The summed E-state index contributed by atoms with van der Waals surface area (Å²) in [5.74, 6) is -1.14. The summed E-state index contributed by atoms with van der Waals surface area (Å²) >= 11 is 0. The van der Waals surface area contributed by atoms with Crippen molar-refractivity contribution in [3.63, 3.8) is 0 Å². The van der Waals surface area contributed by atoms with Gasteiger partial charge < -0.3 is 14.2 Å². The maximum atomic E-state index is 14.4. The Morgan fingerprint density at radius 2 is 1.74 bits per heavy atom. The molecule has 1 fully saturated rings. The molecule has 0 spiro atoms. The molecule has 0 amide bonds. The first-order valence-corrected chi connectivity index (χ1v) is 9.56. The summed E-state index contributed by atoms with van der Waals surface area (Å²) in [7, 11) is 0. The van der Waals surface area contributed by atoms with Crippen molar-refractivity contribution in [3.8, 4) is 11.5 Å². The van der Waals surface area contributed by atoms with Gasteiger partial charge in [-0.25, -0.2) is 4.39 Å². The van der Waals surface area contributed by atoms with Gasteiger partial charge in [0.05, 0.1) is 19.3 Å². The van der Waals surface area contributed by atoms with Crippen LogP contribution in [0.15, 0.2) is 36.4 Å². The van der Waals surface area contributed by atoms with Crippen LogP contribution in [0.5, 0.6) is 11.5 Å². The van der Waals surface area contributed by atoms with E-state index in [0.717, 1.165) is 25.0 Å². The molecule has 0 aliphatic carbocycles. The number of hydrogen-bond donors (Lipinski definition) is 0. The Morgan fingerprint density at radius 3 is 2.37 bits per heavy atom. The molecule has 2 atom stereocenters. The van der Waals surface area contributed by atoms with E-state index in [9.17, 15) is 8.78 Å².